The van der Waals surface area contributed by atoms with Gasteiger partial charge in [0.15, 0.2) is 0 Å². The average Bonchev–Trinajstić information content (AvgIpc) is 3.43. The third-order valence-electron chi connectivity index (χ3n) is 10.1. The molecule has 0 saturated heterocycles. The van der Waals surface area contributed by atoms with E-state index >= 15 is 26.3 Å². The van der Waals surface area contributed by atoms with Gasteiger partial charge in [-0.1, -0.05) is 88.4 Å². The summed E-state index contributed by atoms with van der Waals surface area (Å²) in [6.07, 6.45) is -9.81. The Morgan fingerprint density at radius 1 is 0.473 bits per heavy atom. The summed E-state index contributed by atoms with van der Waals surface area (Å²) in [5, 5.41) is 0. The molecule has 6 aromatic rings. The van der Waals surface area contributed by atoms with Gasteiger partial charge < -0.3 is 20.9 Å². The monoisotopic (exact) mass is 752 g/mol. The Morgan fingerprint density at radius 3 is 1.20 bits per heavy atom. The van der Waals surface area contributed by atoms with Gasteiger partial charge in [0.05, 0.1) is 16.5 Å². The Bertz CT molecular complexity index is 2250. The highest BCUT2D eigenvalue weighted by Gasteiger charge is 2.49. The zero-order chi connectivity index (χ0) is 39.4. The van der Waals surface area contributed by atoms with Crippen LogP contribution in [0.15, 0.2) is 121 Å². The molecule has 1 aliphatic carbocycles. The molecular weight excluding hydrogens is 714 g/mol. The zero-order valence-electron chi connectivity index (χ0n) is 30.4. The van der Waals surface area contributed by atoms with Crippen LogP contribution in [0.5, 0.6) is 23.0 Å². The molecule has 0 bridgehead atoms. The van der Waals surface area contributed by atoms with Crippen LogP contribution in [0.25, 0.3) is 11.1 Å². The van der Waals surface area contributed by atoms with Crippen LogP contribution in [0.1, 0.15) is 84.0 Å². The second kappa shape index (κ2) is 13.7. The van der Waals surface area contributed by atoms with Crippen molar-refractivity contribution in [2.24, 2.45) is 0 Å². The summed E-state index contributed by atoms with van der Waals surface area (Å²) in [6, 6.07) is 31.1. The first-order valence-corrected chi connectivity index (χ1v) is 17.8. The van der Waals surface area contributed by atoms with Crippen molar-refractivity contribution in [1.82, 2.24) is 0 Å². The molecule has 0 radical (unpaired) electrons. The van der Waals surface area contributed by atoms with Gasteiger partial charge in [0.25, 0.3) is 0 Å². The number of ether oxygens (including phenoxy) is 2. The minimum absolute atomic E-state index is 0.105. The summed E-state index contributed by atoms with van der Waals surface area (Å²) in [5.41, 5.74) is 12.9. The van der Waals surface area contributed by atoms with Crippen LogP contribution < -0.4 is 20.9 Å². The van der Waals surface area contributed by atoms with Crippen molar-refractivity contribution >= 4 is 11.4 Å². The lowest BCUT2D eigenvalue weighted by Crippen LogP contribution is -2.29. The minimum Gasteiger partial charge on any atom is -0.456 e. The quantitative estimate of drug-likeness (QED) is 0.120. The maximum atomic E-state index is 15.2. The maximum absolute atomic E-state index is 15.2. The number of hydrogen-bond acceptors (Lipinski definition) is 4. The van der Waals surface area contributed by atoms with Gasteiger partial charge in [-0.25, -0.2) is 0 Å². The van der Waals surface area contributed by atoms with E-state index in [1.165, 1.54) is 36.4 Å². The van der Waals surface area contributed by atoms with Crippen molar-refractivity contribution in [3.05, 3.63) is 166 Å². The third kappa shape index (κ3) is 6.64. The molecule has 1 aliphatic rings. The molecule has 6 aromatic carbocycles. The Labute approximate surface area is 315 Å². The molecule has 4 nitrogen and oxygen atoms in total. The molecule has 0 aromatic heterocycles. The molecule has 0 unspecified atom stereocenters. The van der Waals surface area contributed by atoms with Crippen LogP contribution in [-0.4, -0.2) is 0 Å². The van der Waals surface area contributed by atoms with E-state index in [2.05, 4.69) is 0 Å². The predicted molar refractivity (Wildman–Crippen MR) is 204 cm³/mol. The molecular formula is C45H38F6N2O2. The topological polar surface area (TPSA) is 70.5 Å². The van der Waals surface area contributed by atoms with Gasteiger partial charge in [-0.05, 0) is 117 Å². The standard InChI is InChI=1S/C45H38F6N2O2/c1-25(2)33-23-29(52)15-19-39(33)54-41-17-13-27(21-37(41)44(46,47)48)43(35-11-7-5-9-31(35)32-10-6-8-12-36(32)43)28-14-18-42(38(22-28)45(49,50)51)55-40-20-16-30(53)24-34(40)26(3)4/h5-26H,52-53H2,1-4H3. The van der Waals surface area contributed by atoms with Gasteiger partial charge in [0, 0.05) is 11.4 Å². The lowest BCUT2D eigenvalue weighted by molar-refractivity contribution is -0.139. The van der Waals surface area contributed by atoms with Gasteiger partial charge in [-0.15, -0.1) is 0 Å². The number of hydrogen-bond donors (Lipinski definition) is 2. The van der Waals surface area contributed by atoms with Gasteiger partial charge in [0.1, 0.15) is 23.0 Å². The fraction of sp³-hybridized carbons (Fsp3) is 0.200. The lowest BCUT2D eigenvalue weighted by atomic mass is 9.67. The molecule has 10 heteroatoms. The smallest absolute Gasteiger partial charge is 0.419 e. The SMILES string of the molecule is CC(C)c1cc(N)ccc1Oc1ccc(C2(c3ccc(Oc4ccc(N)cc4C(C)C)c(C(F)(F)F)c3)c3ccccc3-c3ccccc32)cc1C(F)(F)F. The number of nitrogens with two attached hydrogens (primary N) is 2. The van der Waals surface area contributed by atoms with E-state index in [1.807, 2.05) is 39.8 Å². The first kappa shape index (κ1) is 37.4. The first-order chi connectivity index (χ1) is 26.0. The maximum Gasteiger partial charge on any atom is 0.419 e. The van der Waals surface area contributed by atoms with Crippen LogP contribution in [0.2, 0.25) is 0 Å². The lowest BCUT2D eigenvalue weighted by Gasteiger charge is -2.35. The van der Waals surface area contributed by atoms with Gasteiger partial charge in [-0.3, -0.25) is 0 Å². The summed E-state index contributed by atoms with van der Waals surface area (Å²) in [6.45, 7) is 7.49. The van der Waals surface area contributed by atoms with E-state index in [0.29, 0.717) is 44.8 Å². The summed E-state index contributed by atoms with van der Waals surface area (Å²) < 4.78 is 103. The molecule has 282 valence electrons. The van der Waals surface area contributed by atoms with E-state index in [-0.39, 0.29) is 34.5 Å². The Balaban J connectivity index is 1.48. The van der Waals surface area contributed by atoms with E-state index in [1.54, 1.807) is 60.7 Å². The number of alkyl halides is 6. The highest BCUT2D eigenvalue weighted by Crippen LogP contribution is 2.58. The largest absolute Gasteiger partial charge is 0.456 e. The number of fused-ring (bicyclic) bond motifs is 3. The summed E-state index contributed by atoms with van der Waals surface area (Å²) in [7, 11) is 0. The van der Waals surface area contributed by atoms with E-state index in [0.717, 1.165) is 12.1 Å². The number of benzene rings is 6. The van der Waals surface area contributed by atoms with Gasteiger partial charge in [-0.2, -0.15) is 26.3 Å². The first-order valence-electron chi connectivity index (χ1n) is 17.8. The van der Waals surface area contributed by atoms with Crippen LogP contribution in [0, 0.1) is 0 Å². The van der Waals surface area contributed by atoms with Crippen LogP contribution >= 0.6 is 0 Å². The number of halogens is 6. The predicted octanol–water partition coefficient (Wildman–Crippen LogP) is 13.1. The van der Waals surface area contributed by atoms with Crippen LogP contribution in [-0.2, 0) is 17.8 Å². The van der Waals surface area contributed by atoms with Crippen molar-refractivity contribution in [1.29, 1.82) is 0 Å². The summed E-state index contributed by atoms with van der Waals surface area (Å²) in [4.78, 5) is 0. The van der Waals surface area contributed by atoms with E-state index < -0.39 is 40.4 Å². The summed E-state index contributed by atoms with van der Waals surface area (Å²) in [5.74, 6) is -0.729. The van der Waals surface area contributed by atoms with Crippen molar-refractivity contribution in [2.75, 3.05) is 11.5 Å². The minimum atomic E-state index is -4.90. The Morgan fingerprint density at radius 2 is 0.836 bits per heavy atom. The second-order valence-corrected chi connectivity index (χ2v) is 14.4. The highest BCUT2D eigenvalue weighted by molar-refractivity contribution is 5.86. The van der Waals surface area contributed by atoms with Gasteiger partial charge >= 0.3 is 12.4 Å². The van der Waals surface area contributed by atoms with Crippen LogP contribution in [0.4, 0.5) is 37.7 Å². The average molecular weight is 753 g/mol. The number of nitrogen functional groups attached to an aromatic ring is 2. The molecule has 0 spiro atoms. The molecule has 0 saturated carbocycles. The molecule has 7 rings (SSSR count). The fourth-order valence-electron chi connectivity index (χ4n) is 7.63. The Hall–Kier alpha value is -5.90. The molecule has 0 amide bonds. The molecule has 0 fully saturated rings. The molecule has 55 heavy (non-hydrogen) atoms. The number of rotatable bonds is 8. The number of anilines is 2. The second-order valence-electron chi connectivity index (χ2n) is 14.4. The van der Waals surface area contributed by atoms with Crippen molar-refractivity contribution < 1.29 is 35.8 Å². The van der Waals surface area contributed by atoms with E-state index in [4.69, 9.17) is 20.9 Å². The molecule has 0 aliphatic heterocycles. The van der Waals surface area contributed by atoms with Crippen molar-refractivity contribution in [3.8, 4) is 34.1 Å². The molecule has 0 heterocycles. The Kier molecular flexibility index (Phi) is 9.35. The fourth-order valence-corrected chi connectivity index (χ4v) is 7.63. The molecule has 4 N–H and O–H groups in total. The normalized spacial score (nSPS) is 13.5. The van der Waals surface area contributed by atoms with Crippen molar-refractivity contribution in [3.63, 3.8) is 0 Å². The van der Waals surface area contributed by atoms with Gasteiger partial charge in [0.2, 0.25) is 0 Å². The van der Waals surface area contributed by atoms with Crippen LogP contribution in [0.3, 0.4) is 0 Å². The molecule has 0 atom stereocenters. The summed E-state index contributed by atoms with van der Waals surface area (Å²) >= 11 is 0. The third-order valence-corrected chi connectivity index (χ3v) is 10.1. The highest BCUT2D eigenvalue weighted by atomic mass is 19.4. The van der Waals surface area contributed by atoms with E-state index in [9.17, 15) is 0 Å². The zero-order valence-corrected chi connectivity index (χ0v) is 30.4. The van der Waals surface area contributed by atoms with Crippen molar-refractivity contribution in [2.45, 2.75) is 57.3 Å².